The van der Waals surface area contributed by atoms with Gasteiger partial charge in [0, 0.05) is 24.0 Å². The van der Waals surface area contributed by atoms with Crippen LogP contribution in [0.4, 0.5) is 0 Å². The van der Waals surface area contributed by atoms with E-state index < -0.39 is 18.6 Å². The van der Waals surface area contributed by atoms with Crippen molar-refractivity contribution in [3.05, 3.63) is 36.0 Å². The third kappa shape index (κ3) is 3.96. The fourth-order valence-electron chi connectivity index (χ4n) is 3.76. The maximum atomic E-state index is 12.9. The summed E-state index contributed by atoms with van der Waals surface area (Å²) in [5.41, 5.74) is 1.52. The molecule has 1 aromatic carbocycles. The van der Waals surface area contributed by atoms with Gasteiger partial charge in [-0.25, -0.2) is 0 Å². The maximum Gasteiger partial charge on any atom is 0.268 e. The highest BCUT2D eigenvalue weighted by atomic mass is 16.3. The number of carbonyl (C=O) groups excluding carboxylic acids is 2. The molecule has 1 aliphatic rings. The van der Waals surface area contributed by atoms with E-state index in [4.69, 9.17) is 10.4 Å². The summed E-state index contributed by atoms with van der Waals surface area (Å²) in [7, 11) is 1.85. The number of para-hydroxylation sites is 1. The lowest BCUT2D eigenvalue weighted by atomic mass is 9.83. The molecular weight excluding hydrogens is 344 g/mol. The number of amides is 2. The molecule has 1 aliphatic carbocycles. The number of aryl methyl sites for hydroxylation is 1. The van der Waals surface area contributed by atoms with Gasteiger partial charge < -0.3 is 20.3 Å². The number of aliphatic hydroxyl groups is 1. The van der Waals surface area contributed by atoms with Crippen molar-refractivity contribution in [2.45, 2.75) is 37.8 Å². The first-order chi connectivity index (χ1) is 13.0. The van der Waals surface area contributed by atoms with Crippen molar-refractivity contribution in [1.82, 2.24) is 15.2 Å². The lowest BCUT2D eigenvalue weighted by Crippen LogP contribution is -2.50. The molecule has 27 heavy (non-hydrogen) atoms. The molecule has 1 heterocycles. The molecule has 7 heteroatoms. The second-order valence-electron chi connectivity index (χ2n) is 6.99. The Kier molecular flexibility index (Phi) is 5.77. The summed E-state index contributed by atoms with van der Waals surface area (Å²) in [5.74, 6) is -0.908. The average Bonchev–Trinajstić information content (AvgIpc) is 3.03. The Bertz CT molecular complexity index is 883. The molecule has 0 saturated heterocycles. The van der Waals surface area contributed by atoms with E-state index in [-0.39, 0.29) is 17.9 Å². The highest BCUT2D eigenvalue weighted by molar-refractivity contribution is 5.99. The summed E-state index contributed by atoms with van der Waals surface area (Å²) in [5, 5.41) is 24.6. The number of hydrogen-bond acceptors (Lipinski definition) is 4. The fourth-order valence-corrected chi connectivity index (χ4v) is 3.76. The summed E-state index contributed by atoms with van der Waals surface area (Å²) >= 11 is 0. The van der Waals surface area contributed by atoms with Gasteiger partial charge in [0.1, 0.15) is 11.7 Å². The Morgan fingerprint density at radius 3 is 2.78 bits per heavy atom. The first-order valence-electron chi connectivity index (χ1n) is 9.21. The molecule has 1 aromatic heterocycles. The van der Waals surface area contributed by atoms with Gasteiger partial charge in [-0.1, -0.05) is 31.0 Å². The molecule has 0 bridgehead atoms. The van der Waals surface area contributed by atoms with Crippen molar-refractivity contribution in [3.63, 3.8) is 0 Å². The van der Waals surface area contributed by atoms with Gasteiger partial charge in [-0.05, 0) is 25.0 Å². The lowest BCUT2D eigenvalue weighted by Gasteiger charge is -2.31. The monoisotopic (exact) mass is 368 g/mol. The van der Waals surface area contributed by atoms with Crippen molar-refractivity contribution in [2.24, 2.45) is 13.0 Å². The molecule has 1 saturated carbocycles. The van der Waals surface area contributed by atoms with E-state index in [1.807, 2.05) is 48.0 Å². The molecule has 1 fully saturated rings. The first-order valence-corrected chi connectivity index (χ1v) is 9.21. The number of hydrogen-bond donors (Lipinski definition) is 3. The van der Waals surface area contributed by atoms with Crippen molar-refractivity contribution in [3.8, 4) is 6.07 Å². The first kappa shape index (κ1) is 18.9. The van der Waals surface area contributed by atoms with E-state index in [1.165, 1.54) is 0 Å². The van der Waals surface area contributed by atoms with Gasteiger partial charge in [-0.3, -0.25) is 9.59 Å². The van der Waals surface area contributed by atoms with Crippen LogP contribution in [0.25, 0.3) is 10.9 Å². The summed E-state index contributed by atoms with van der Waals surface area (Å²) in [4.78, 5) is 25.4. The van der Waals surface area contributed by atoms with Gasteiger partial charge in [0.05, 0.1) is 18.6 Å². The molecule has 3 rings (SSSR count). The zero-order chi connectivity index (χ0) is 19.4. The number of fused-ring (bicyclic) bond motifs is 1. The van der Waals surface area contributed by atoms with E-state index in [9.17, 15) is 9.59 Å². The van der Waals surface area contributed by atoms with E-state index >= 15 is 0 Å². The van der Waals surface area contributed by atoms with Gasteiger partial charge in [0.15, 0.2) is 0 Å². The molecule has 0 spiro atoms. The maximum absolute atomic E-state index is 12.9. The molecule has 3 atom stereocenters. The van der Waals surface area contributed by atoms with Crippen LogP contribution in [0.5, 0.6) is 0 Å². The zero-order valence-electron chi connectivity index (χ0n) is 15.3. The Morgan fingerprint density at radius 1 is 1.33 bits per heavy atom. The van der Waals surface area contributed by atoms with Crippen LogP contribution < -0.4 is 10.6 Å². The molecule has 7 nitrogen and oxygen atoms in total. The molecule has 2 amide bonds. The van der Waals surface area contributed by atoms with E-state index in [0.29, 0.717) is 18.5 Å². The minimum absolute atomic E-state index is 0.211. The number of nitrogens with zero attached hydrogens (tertiary/aromatic N) is 2. The lowest BCUT2D eigenvalue weighted by molar-refractivity contribution is -0.127. The van der Waals surface area contributed by atoms with Gasteiger partial charge in [0.2, 0.25) is 5.91 Å². The van der Waals surface area contributed by atoms with E-state index in [1.54, 1.807) is 0 Å². The average molecular weight is 368 g/mol. The molecule has 142 valence electrons. The fraction of sp³-hybridized carbons (Fsp3) is 0.450. The Balaban J connectivity index is 1.75. The SMILES string of the molecule is Cn1c(C(=O)N[C@H]2CCCC[C@H]2C(=O)N[C@H](C#N)CO)cc2ccccc21. The number of nitriles is 1. The number of carbonyl (C=O) groups is 2. The normalized spacial score (nSPS) is 20.6. The second-order valence-corrected chi connectivity index (χ2v) is 6.99. The van der Waals surface area contributed by atoms with Gasteiger partial charge in [0.25, 0.3) is 5.91 Å². The van der Waals surface area contributed by atoms with Crippen LogP contribution in [-0.2, 0) is 11.8 Å². The van der Waals surface area contributed by atoms with Crippen molar-refractivity contribution >= 4 is 22.7 Å². The minimum Gasteiger partial charge on any atom is -0.393 e. The van der Waals surface area contributed by atoms with Crippen LogP contribution >= 0.6 is 0 Å². The Hall–Kier alpha value is -2.85. The molecule has 0 unspecified atom stereocenters. The number of aromatic nitrogens is 1. The number of benzene rings is 1. The zero-order valence-corrected chi connectivity index (χ0v) is 15.3. The van der Waals surface area contributed by atoms with Gasteiger partial charge in [-0.15, -0.1) is 0 Å². The van der Waals surface area contributed by atoms with Crippen molar-refractivity contribution in [1.29, 1.82) is 5.26 Å². The predicted molar refractivity (Wildman–Crippen MR) is 101 cm³/mol. The smallest absolute Gasteiger partial charge is 0.268 e. The highest BCUT2D eigenvalue weighted by Gasteiger charge is 2.33. The molecule has 3 N–H and O–H groups in total. The summed E-state index contributed by atoms with van der Waals surface area (Å²) in [6, 6.07) is 10.3. The Labute approximate surface area is 158 Å². The number of aliphatic hydroxyl groups excluding tert-OH is 1. The topological polar surface area (TPSA) is 107 Å². The largest absolute Gasteiger partial charge is 0.393 e. The van der Waals surface area contributed by atoms with Crippen LogP contribution in [0.2, 0.25) is 0 Å². The summed E-state index contributed by atoms with van der Waals surface area (Å²) in [6.45, 7) is -0.429. The van der Waals surface area contributed by atoms with E-state index in [0.717, 1.165) is 23.7 Å². The molecule has 0 aliphatic heterocycles. The third-order valence-corrected chi connectivity index (χ3v) is 5.26. The van der Waals surface area contributed by atoms with Gasteiger partial charge in [-0.2, -0.15) is 5.26 Å². The van der Waals surface area contributed by atoms with Gasteiger partial charge >= 0.3 is 0 Å². The van der Waals surface area contributed by atoms with Crippen LogP contribution in [-0.4, -0.2) is 40.2 Å². The second kappa shape index (κ2) is 8.23. The summed E-state index contributed by atoms with van der Waals surface area (Å²) in [6.07, 6.45) is 3.19. The standard InChI is InChI=1S/C20H24N4O3/c1-24-17-9-5-2-6-13(17)10-18(24)20(27)23-16-8-4-3-7-15(16)19(26)22-14(11-21)12-25/h2,5-6,9-10,14-16,25H,3-4,7-8,12H2,1H3,(H,22,26)(H,23,27)/t14-,15-,16+/m1/s1. The highest BCUT2D eigenvalue weighted by Crippen LogP contribution is 2.26. The number of nitrogens with one attached hydrogen (secondary N) is 2. The summed E-state index contributed by atoms with van der Waals surface area (Å²) < 4.78 is 1.85. The third-order valence-electron chi connectivity index (χ3n) is 5.26. The van der Waals surface area contributed by atoms with Crippen LogP contribution in [0.3, 0.4) is 0 Å². The van der Waals surface area contributed by atoms with Crippen LogP contribution in [0.1, 0.15) is 36.2 Å². The number of rotatable bonds is 5. The van der Waals surface area contributed by atoms with Crippen LogP contribution in [0.15, 0.2) is 30.3 Å². The quantitative estimate of drug-likeness (QED) is 0.743. The molecule has 2 aromatic rings. The minimum atomic E-state index is -0.922. The van der Waals surface area contributed by atoms with E-state index in [2.05, 4.69) is 10.6 Å². The van der Waals surface area contributed by atoms with Crippen molar-refractivity contribution < 1.29 is 14.7 Å². The van der Waals surface area contributed by atoms with Crippen LogP contribution in [0, 0.1) is 17.2 Å². The molecular formula is C20H24N4O3. The molecule has 0 radical (unpaired) electrons. The predicted octanol–water partition coefficient (Wildman–Crippen LogP) is 1.47. The Morgan fingerprint density at radius 2 is 2.07 bits per heavy atom. The van der Waals surface area contributed by atoms with Crippen molar-refractivity contribution in [2.75, 3.05) is 6.61 Å².